The van der Waals surface area contributed by atoms with Crippen LogP contribution in [0.15, 0.2) is 35.7 Å². The molecule has 0 aliphatic heterocycles. The van der Waals surface area contributed by atoms with Crippen LogP contribution in [-0.4, -0.2) is 18.1 Å². The number of aromatic nitrogens is 1. The maximum atomic E-state index is 5.58. The first-order valence-corrected chi connectivity index (χ1v) is 8.14. The van der Waals surface area contributed by atoms with Gasteiger partial charge in [-0.25, -0.2) is 4.98 Å². The predicted octanol–water partition coefficient (Wildman–Crippen LogP) is 3.45. The summed E-state index contributed by atoms with van der Waals surface area (Å²) in [7, 11) is 0. The summed E-state index contributed by atoms with van der Waals surface area (Å²) < 4.78 is 0. The molecule has 2 N–H and O–H groups in total. The van der Waals surface area contributed by atoms with Gasteiger partial charge in [0.15, 0.2) is 0 Å². The number of hydrogen-bond acceptors (Lipinski definition) is 4. The van der Waals surface area contributed by atoms with Crippen LogP contribution >= 0.6 is 11.3 Å². The summed E-state index contributed by atoms with van der Waals surface area (Å²) in [5.74, 6) is 0. The monoisotopic (exact) mass is 289 g/mol. The van der Waals surface area contributed by atoms with Crippen LogP contribution in [0.3, 0.4) is 0 Å². The summed E-state index contributed by atoms with van der Waals surface area (Å²) in [5, 5.41) is 3.30. The number of anilines is 1. The lowest BCUT2D eigenvalue weighted by Gasteiger charge is -2.23. The minimum atomic E-state index is 0.672. The molecule has 0 unspecified atom stereocenters. The van der Waals surface area contributed by atoms with Gasteiger partial charge >= 0.3 is 0 Å². The summed E-state index contributed by atoms with van der Waals surface area (Å²) in [5.41, 5.74) is 8.01. The molecule has 1 heterocycles. The fraction of sp³-hybridized carbons (Fsp3) is 0.438. The van der Waals surface area contributed by atoms with Crippen LogP contribution in [0.5, 0.6) is 0 Å². The van der Waals surface area contributed by atoms with E-state index in [1.165, 1.54) is 18.5 Å². The number of unbranched alkanes of at least 4 members (excludes halogenated alkanes) is 1. The van der Waals surface area contributed by atoms with Crippen molar-refractivity contribution in [1.29, 1.82) is 0 Å². The maximum absolute atomic E-state index is 5.58. The number of benzene rings is 1. The van der Waals surface area contributed by atoms with Crippen molar-refractivity contribution in [3.8, 4) is 0 Å². The second-order valence-corrected chi connectivity index (χ2v) is 5.82. The van der Waals surface area contributed by atoms with Crippen molar-refractivity contribution in [2.75, 3.05) is 18.0 Å². The predicted molar refractivity (Wildman–Crippen MR) is 87.3 cm³/mol. The van der Waals surface area contributed by atoms with Gasteiger partial charge in [-0.1, -0.05) is 31.5 Å². The SMILES string of the molecule is CCCCN(Cc1csc(CCN)n1)c1ccccc1. The zero-order chi connectivity index (χ0) is 14.2. The van der Waals surface area contributed by atoms with E-state index in [4.69, 9.17) is 5.73 Å². The first-order valence-electron chi connectivity index (χ1n) is 7.26. The zero-order valence-electron chi connectivity index (χ0n) is 12.1. The number of hydrogen-bond donors (Lipinski definition) is 1. The Kier molecular flexibility index (Phi) is 6.02. The molecule has 0 aliphatic rings. The standard InChI is InChI=1S/C16H23N3S/c1-2-3-11-19(15-7-5-4-6-8-15)12-14-13-20-16(18-14)9-10-17/h4-8,13H,2-3,9-12,17H2,1H3. The number of thiazole rings is 1. The van der Waals surface area contributed by atoms with Gasteiger partial charge in [-0.05, 0) is 25.1 Å². The molecular weight excluding hydrogens is 266 g/mol. The van der Waals surface area contributed by atoms with Gasteiger partial charge in [0.25, 0.3) is 0 Å². The summed E-state index contributed by atoms with van der Waals surface area (Å²) in [6, 6.07) is 10.6. The van der Waals surface area contributed by atoms with Gasteiger partial charge in [-0.3, -0.25) is 0 Å². The van der Waals surface area contributed by atoms with E-state index in [1.54, 1.807) is 11.3 Å². The van der Waals surface area contributed by atoms with Gasteiger partial charge in [0, 0.05) is 24.0 Å². The van der Waals surface area contributed by atoms with Gasteiger partial charge in [0.05, 0.1) is 17.2 Å². The van der Waals surface area contributed by atoms with Gasteiger partial charge in [0.1, 0.15) is 0 Å². The molecule has 0 atom stereocenters. The zero-order valence-corrected chi connectivity index (χ0v) is 12.9. The molecule has 4 heteroatoms. The Morgan fingerprint density at radius 1 is 1.25 bits per heavy atom. The van der Waals surface area contributed by atoms with Crippen LogP contribution in [-0.2, 0) is 13.0 Å². The largest absolute Gasteiger partial charge is 0.366 e. The molecule has 3 nitrogen and oxygen atoms in total. The molecule has 0 amide bonds. The van der Waals surface area contributed by atoms with Gasteiger partial charge in [0.2, 0.25) is 0 Å². The van der Waals surface area contributed by atoms with Crippen molar-refractivity contribution in [1.82, 2.24) is 4.98 Å². The Morgan fingerprint density at radius 2 is 2.05 bits per heavy atom. The Balaban J connectivity index is 2.06. The topological polar surface area (TPSA) is 42.1 Å². The lowest BCUT2D eigenvalue weighted by molar-refractivity contribution is 0.708. The van der Waals surface area contributed by atoms with Crippen LogP contribution in [0.4, 0.5) is 5.69 Å². The number of rotatable bonds is 8. The molecule has 2 aromatic rings. The molecule has 20 heavy (non-hydrogen) atoms. The van der Waals surface area contributed by atoms with Crippen molar-refractivity contribution in [3.63, 3.8) is 0 Å². The molecule has 0 spiro atoms. The number of nitrogens with two attached hydrogens (primary N) is 1. The molecule has 0 bridgehead atoms. The second-order valence-electron chi connectivity index (χ2n) is 4.88. The van der Waals surface area contributed by atoms with Gasteiger partial charge in [-0.15, -0.1) is 11.3 Å². The Morgan fingerprint density at radius 3 is 2.75 bits per heavy atom. The van der Waals surface area contributed by atoms with E-state index in [-0.39, 0.29) is 0 Å². The van der Waals surface area contributed by atoms with Gasteiger partial charge in [-0.2, -0.15) is 0 Å². The smallest absolute Gasteiger partial charge is 0.0941 e. The third kappa shape index (κ3) is 4.32. The molecule has 0 aliphatic carbocycles. The summed E-state index contributed by atoms with van der Waals surface area (Å²) >= 11 is 1.72. The summed E-state index contributed by atoms with van der Waals surface area (Å²) in [6.45, 7) is 4.85. The van der Waals surface area contributed by atoms with Crippen LogP contribution in [0.1, 0.15) is 30.5 Å². The van der Waals surface area contributed by atoms with Crippen molar-refractivity contribution in [2.24, 2.45) is 5.73 Å². The van der Waals surface area contributed by atoms with Crippen molar-refractivity contribution in [3.05, 3.63) is 46.4 Å². The Hall–Kier alpha value is -1.39. The highest BCUT2D eigenvalue weighted by atomic mass is 32.1. The van der Waals surface area contributed by atoms with E-state index in [0.29, 0.717) is 6.54 Å². The molecule has 2 rings (SSSR count). The van der Waals surface area contributed by atoms with Crippen LogP contribution in [0, 0.1) is 0 Å². The first-order chi connectivity index (χ1) is 9.83. The molecule has 0 saturated heterocycles. The fourth-order valence-corrected chi connectivity index (χ4v) is 2.95. The summed E-state index contributed by atoms with van der Waals surface area (Å²) in [6.07, 6.45) is 3.29. The number of nitrogens with zero attached hydrogens (tertiary/aromatic N) is 2. The number of para-hydroxylation sites is 1. The molecule has 108 valence electrons. The van der Waals surface area contributed by atoms with Crippen molar-refractivity contribution >= 4 is 17.0 Å². The van der Waals surface area contributed by atoms with E-state index in [0.717, 1.165) is 30.2 Å². The molecular formula is C16H23N3S. The highest BCUT2D eigenvalue weighted by molar-refractivity contribution is 7.09. The first kappa shape index (κ1) is 15.0. The van der Waals surface area contributed by atoms with Crippen molar-refractivity contribution < 1.29 is 0 Å². The minimum absolute atomic E-state index is 0.672. The summed E-state index contributed by atoms with van der Waals surface area (Å²) in [4.78, 5) is 7.08. The highest BCUT2D eigenvalue weighted by Crippen LogP contribution is 2.19. The molecule has 0 saturated carbocycles. The van der Waals surface area contributed by atoms with E-state index in [1.807, 2.05) is 0 Å². The van der Waals surface area contributed by atoms with Gasteiger partial charge < -0.3 is 10.6 Å². The average molecular weight is 289 g/mol. The van der Waals surface area contributed by atoms with Crippen LogP contribution in [0.2, 0.25) is 0 Å². The fourth-order valence-electron chi connectivity index (χ4n) is 2.14. The van der Waals surface area contributed by atoms with E-state index >= 15 is 0 Å². The molecule has 1 aromatic heterocycles. The normalized spacial score (nSPS) is 10.7. The van der Waals surface area contributed by atoms with E-state index < -0.39 is 0 Å². The maximum Gasteiger partial charge on any atom is 0.0941 e. The van der Waals surface area contributed by atoms with E-state index in [9.17, 15) is 0 Å². The van der Waals surface area contributed by atoms with E-state index in [2.05, 4.69) is 52.5 Å². The lowest BCUT2D eigenvalue weighted by Crippen LogP contribution is -2.24. The van der Waals surface area contributed by atoms with Crippen molar-refractivity contribution in [2.45, 2.75) is 32.7 Å². The lowest BCUT2D eigenvalue weighted by atomic mass is 10.2. The molecule has 0 fully saturated rings. The average Bonchev–Trinajstić information content (AvgIpc) is 2.92. The second kappa shape index (κ2) is 8.02. The van der Waals surface area contributed by atoms with Crippen LogP contribution in [0.25, 0.3) is 0 Å². The third-order valence-electron chi connectivity index (χ3n) is 3.21. The minimum Gasteiger partial charge on any atom is -0.366 e. The highest BCUT2D eigenvalue weighted by Gasteiger charge is 2.09. The third-order valence-corrected chi connectivity index (χ3v) is 4.17. The Labute approximate surface area is 125 Å². The Bertz CT molecular complexity index is 495. The van der Waals surface area contributed by atoms with Crippen LogP contribution < -0.4 is 10.6 Å². The molecule has 0 radical (unpaired) electrons. The molecule has 1 aromatic carbocycles. The quantitative estimate of drug-likeness (QED) is 0.809.